The van der Waals surface area contributed by atoms with Crippen molar-refractivity contribution in [1.29, 1.82) is 0 Å². The molecule has 2 saturated heterocycles. The SMILES string of the molecule is O=C(C1CCCC1)N1C[C@H](CN2CCCCC2)[C@@](O)(c2ccccc2)C1. The molecule has 0 unspecified atom stereocenters. The summed E-state index contributed by atoms with van der Waals surface area (Å²) in [6.45, 7) is 4.28. The monoisotopic (exact) mass is 356 g/mol. The van der Waals surface area contributed by atoms with Gasteiger partial charge >= 0.3 is 0 Å². The van der Waals surface area contributed by atoms with Gasteiger partial charge in [0.15, 0.2) is 0 Å². The molecule has 0 aromatic heterocycles. The number of piperidine rings is 1. The van der Waals surface area contributed by atoms with E-state index in [-0.39, 0.29) is 17.7 Å². The quantitative estimate of drug-likeness (QED) is 0.902. The molecule has 4 nitrogen and oxygen atoms in total. The molecule has 1 aliphatic carbocycles. The van der Waals surface area contributed by atoms with Gasteiger partial charge in [0.2, 0.25) is 5.91 Å². The number of hydrogen-bond donors (Lipinski definition) is 1. The van der Waals surface area contributed by atoms with Gasteiger partial charge in [-0.1, -0.05) is 49.6 Å². The average molecular weight is 357 g/mol. The third kappa shape index (κ3) is 3.54. The Bertz CT molecular complexity index is 608. The van der Waals surface area contributed by atoms with Crippen LogP contribution in [0.1, 0.15) is 50.5 Å². The topological polar surface area (TPSA) is 43.8 Å². The van der Waals surface area contributed by atoms with Gasteiger partial charge < -0.3 is 14.9 Å². The van der Waals surface area contributed by atoms with Crippen molar-refractivity contribution in [3.05, 3.63) is 35.9 Å². The first-order valence-corrected chi connectivity index (χ1v) is 10.5. The predicted molar refractivity (Wildman–Crippen MR) is 103 cm³/mol. The summed E-state index contributed by atoms with van der Waals surface area (Å²) in [4.78, 5) is 17.5. The maximum absolute atomic E-state index is 13.0. The molecular formula is C22H32N2O2. The van der Waals surface area contributed by atoms with Crippen LogP contribution in [0.5, 0.6) is 0 Å². The smallest absolute Gasteiger partial charge is 0.225 e. The van der Waals surface area contributed by atoms with E-state index < -0.39 is 5.60 Å². The van der Waals surface area contributed by atoms with Gasteiger partial charge in [0.1, 0.15) is 5.60 Å². The highest BCUT2D eigenvalue weighted by atomic mass is 16.3. The zero-order valence-corrected chi connectivity index (χ0v) is 15.8. The Morgan fingerprint density at radius 3 is 2.42 bits per heavy atom. The summed E-state index contributed by atoms with van der Waals surface area (Å²) in [6.07, 6.45) is 8.21. The van der Waals surface area contributed by atoms with E-state index >= 15 is 0 Å². The summed E-state index contributed by atoms with van der Waals surface area (Å²) in [7, 11) is 0. The number of likely N-dealkylation sites (tertiary alicyclic amines) is 2. The molecule has 26 heavy (non-hydrogen) atoms. The van der Waals surface area contributed by atoms with E-state index in [9.17, 15) is 9.90 Å². The second-order valence-corrected chi connectivity index (χ2v) is 8.55. The summed E-state index contributed by atoms with van der Waals surface area (Å²) in [6, 6.07) is 10.0. The van der Waals surface area contributed by atoms with E-state index in [0.717, 1.165) is 38.0 Å². The standard InChI is InChI=1S/C22H32N2O2/c25-21(18-9-5-6-10-18)24-16-20(15-23-13-7-2-8-14-23)22(26,17-24)19-11-3-1-4-12-19/h1,3-4,11-12,18,20,26H,2,5-10,13-17H2/t20-,22-/m0/s1. The first-order chi connectivity index (χ1) is 12.7. The Morgan fingerprint density at radius 1 is 1.04 bits per heavy atom. The van der Waals surface area contributed by atoms with Gasteiger partial charge in [-0.3, -0.25) is 4.79 Å². The molecule has 0 spiro atoms. The fourth-order valence-electron chi connectivity index (χ4n) is 5.22. The van der Waals surface area contributed by atoms with Crippen molar-refractivity contribution < 1.29 is 9.90 Å². The summed E-state index contributed by atoms with van der Waals surface area (Å²) in [5.74, 6) is 0.551. The van der Waals surface area contributed by atoms with Gasteiger partial charge in [0, 0.05) is 24.9 Å². The van der Waals surface area contributed by atoms with Crippen LogP contribution in [-0.4, -0.2) is 53.5 Å². The van der Waals surface area contributed by atoms with Gasteiger partial charge in [-0.25, -0.2) is 0 Å². The first-order valence-electron chi connectivity index (χ1n) is 10.5. The van der Waals surface area contributed by atoms with E-state index in [4.69, 9.17) is 0 Å². The van der Waals surface area contributed by atoms with Crippen LogP contribution in [0.25, 0.3) is 0 Å². The van der Waals surface area contributed by atoms with Crippen LogP contribution in [0.3, 0.4) is 0 Å². The fourth-order valence-corrected chi connectivity index (χ4v) is 5.22. The maximum Gasteiger partial charge on any atom is 0.225 e. The van der Waals surface area contributed by atoms with E-state index in [2.05, 4.69) is 4.90 Å². The number of benzene rings is 1. The van der Waals surface area contributed by atoms with E-state index in [1.54, 1.807) is 0 Å². The van der Waals surface area contributed by atoms with E-state index in [1.807, 2.05) is 35.2 Å². The van der Waals surface area contributed by atoms with Gasteiger partial charge in [-0.2, -0.15) is 0 Å². The van der Waals surface area contributed by atoms with Crippen LogP contribution in [0.4, 0.5) is 0 Å². The summed E-state index contributed by atoms with van der Waals surface area (Å²) in [5, 5.41) is 11.7. The third-order valence-corrected chi connectivity index (χ3v) is 6.77. The zero-order chi connectivity index (χ0) is 18.0. The molecule has 2 heterocycles. The lowest BCUT2D eigenvalue weighted by atomic mass is 9.83. The molecule has 2 aliphatic heterocycles. The first kappa shape index (κ1) is 18.0. The average Bonchev–Trinajstić information content (AvgIpc) is 3.32. The summed E-state index contributed by atoms with van der Waals surface area (Å²) < 4.78 is 0. The lowest BCUT2D eigenvalue weighted by Crippen LogP contribution is -2.43. The van der Waals surface area contributed by atoms with Gasteiger partial charge in [-0.15, -0.1) is 0 Å². The van der Waals surface area contributed by atoms with Gasteiger partial charge in [0.05, 0.1) is 6.54 Å². The minimum absolute atomic E-state index is 0.0911. The highest BCUT2D eigenvalue weighted by Crippen LogP contribution is 2.39. The lowest BCUT2D eigenvalue weighted by molar-refractivity contribution is -0.135. The van der Waals surface area contributed by atoms with Crippen molar-refractivity contribution in [1.82, 2.24) is 9.80 Å². The molecular weight excluding hydrogens is 324 g/mol. The number of amides is 1. The van der Waals surface area contributed by atoms with Crippen molar-refractivity contribution in [3.63, 3.8) is 0 Å². The van der Waals surface area contributed by atoms with Crippen molar-refractivity contribution in [3.8, 4) is 0 Å². The summed E-state index contributed by atoms with van der Waals surface area (Å²) >= 11 is 0. The molecule has 2 atom stereocenters. The van der Waals surface area contributed by atoms with Crippen LogP contribution in [0.15, 0.2) is 30.3 Å². The molecule has 3 aliphatic rings. The van der Waals surface area contributed by atoms with Gasteiger partial charge in [-0.05, 0) is 44.3 Å². The molecule has 1 amide bonds. The Morgan fingerprint density at radius 2 is 1.73 bits per heavy atom. The minimum atomic E-state index is -0.924. The molecule has 0 radical (unpaired) electrons. The summed E-state index contributed by atoms with van der Waals surface area (Å²) in [5.41, 5.74) is 0.0381. The van der Waals surface area contributed by atoms with Crippen LogP contribution in [0, 0.1) is 11.8 Å². The number of β-amino-alcohol motifs (C(OH)–C–C–N with tert-alkyl or cyclic N) is 1. The molecule has 142 valence electrons. The predicted octanol–water partition coefficient (Wildman–Crippen LogP) is 3.01. The number of rotatable bonds is 4. The lowest BCUT2D eigenvalue weighted by Gasteiger charge is -2.35. The minimum Gasteiger partial charge on any atom is -0.383 e. The second kappa shape index (κ2) is 7.69. The van der Waals surface area contributed by atoms with Crippen LogP contribution < -0.4 is 0 Å². The largest absolute Gasteiger partial charge is 0.383 e. The Hall–Kier alpha value is -1.39. The zero-order valence-electron chi connectivity index (χ0n) is 15.8. The maximum atomic E-state index is 13.0. The highest BCUT2D eigenvalue weighted by molar-refractivity contribution is 5.79. The second-order valence-electron chi connectivity index (χ2n) is 8.55. The molecule has 4 heteroatoms. The number of hydrogen-bond acceptors (Lipinski definition) is 3. The molecule has 4 rings (SSSR count). The van der Waals surface area contributed by atoms with Crippen molar-refractivity contribution in [2.24, 2.45) is 11.8 Å². The van der Waals surface area contributed by atoms with E-state index in [0.29, 0.717) is 13.1 Å². The van der Waals surface area contributed by atoms with Crippen LogP contribution in [-0.2, 0) is 10.4 Å². The molecule has 1 saturated carbocycles. The fraction of sp³-hybridized carbons (Fsp3) is 0.682. The van der Waals surface area contributed by atoms with Crippen molar-refractivity contribution in [2.75, 3.05) is 32.7 Å². The molecule has 1 N–H and O–H groups in total. The van der Waals surface area contributed by atoms with E-state index in [1.165, 1.54) is 32.1 Å². The molecule has 0 bridgehead atoms. The third-order valence-electron chi connectivity index (χ3n) is 6.77. The Kier molecular flexibility index (Phi) is 5.32. The Balaban J connectivity index is 1.54. The normalized spacial score (nSPS) is 30.8. The van der Waals surface area contributed by atoms with Crippen molar-refractivity contribution >= 4 is 5.91 Å². The van der Waals surface area contributed by atoms with Crippen LogP contribution >= 0.6 is 0 Å². The Labute approximate surface area is 157 Å². The molecule has 1 aromatic rings. The van der Waals surface area contributed by atoms with Crippen LogP contribution in [0.2, 0.25) is 0 Å². The van der Waals surface area contributed by atoms with Gasteiger partial charge in [0.25, 0.3) is 0 Å². The van der Waals surface area contributed by atoms with Crippen molar-refractivity contribution in [2.45, 2.75) is 50.5 Å². The molecule has 3 fully saturated rings. The highest BCUT2D eigenvalue weighted by Gasteiger charge is 2.49. The number of carbonyl (C=O) groups excluding carboxylic acids is 1. The number of nitrogens with zero attached hydrogens (tertiary/aromatic N) is 2. The number of carbonyl (C=O) groups is 1. The number of aliphatic hydroxyl groups is 1. The molecule has 1 aromatic carbocycles.